The van der Waals surface area contributed by atoms with Gasteiger partial charge in [-0.25, -0.2) is 4.79 Å². The van der Waals surface area contributed by atoms with Crippen molar-refractivity contribution >= 4 is 34.5 Å². The van der Waals surface area contributed by atoms with Crippen molar-refractivity contribution in [2.24, 2.45) is 5.73 Å². The van der Waals surface area contributed by atoms with Gasteiger partial charge in [-0.05, 0) is 49.9 Å². The van der Waals surface area contributed by atoms with Gasteiger partial charge in [0, 0.05) is 50.9 Å². The predicted octanol–water partition coefficient (Wildman–Crippen LogP) is 3.77. The number of nitro groups is 1. The Hall–Kier alpha value is -3.44. The molecule has 3 rings (SSSR count). The van der Waals surface area contributed by atoms with Crippen molar-refractivity contribution in [3.05, 3.63) is 75.8 Å². The number of carbonyl (C=O) groups excluding carboxylic acids is 3. The predicted molar refractivity (Wildman–Crippen MR) is 157 cm³/mol. The number of rotatable bonds is 14. The first-order valence-electron chi connectivity index (χ1n) is 13.7. The fourth-order valence-corrected chi connectivity index (χ4v) is 5.49. The summed E-state index contributed by atoms with van der Waals surface area (Å²) in [5, 5.41) is 14.1. The lowest BCUT2D eigenvalue weighted by Crippen LogP contribution is -2.62. The van der Waals surface area contributed by atoms with Crippen molar-refractivity contribution in [1.29, 1.82) is 0 Å². The van der Waals surface area contributed by atoms with Gasteiger partial charge in [0.1, 0.15) is 5.54 Å². The van der Waals surface area contributed by atoms with Gasteiger partial charge in [-0.2, -0.15) is 0 Å². The normalized spacial score (nSPS) is 15.1. The number of amides is 3. The zero-order valence-corrected chi connectivity index (χ0v) is 23.9. The SMILES string of the molecule is CC(=O)SCCN(CCc1ccccc1)C(=O)N[C@](CCN1CCCCC1)(Cc1ccc([N+](=O)[O-])cc1)C(N)=O. The highest BCUT2D eigenvalue weighted by Crippen LogP contribution is 2.23. The van der Waals surface area contributed by atoms with Gasteiger partial charge in [-0.3, -0.25) is 19.7 Å². The number of nitrogens with two attached hydrogens (primary N) is 1. The molecule has 40 heavy (non-hydrogen) atoms. The Kier molecular flexibility index (Phi) is 12.0. The Morgan fingerprint density at radius 3 is 2.30 bits per heavy atom. The molecule has 0 saturated carbocycles. The van der Waals surface area contributed by atoms with Crippen LogP contribution < -0.4 is 11.1 Å². The van der Waals surface area contributed by atoms with Crippen LogP contribution in [0.5, 0.6) is 0 Å². The number of hydrogen-bond acceptors (Lipinski definition) is 7. The van der Waals surface area contributed by atoms with Crippen LogP contribution in [0.1, 0.15) is 43.7 Å². The molecule has 216 valence electrons. The maximum atomic E-state index is 13.8. The van der Waals surface area contributed by atoms with Crippen LogP contribution in [0.2, 0.25) is 0 Å². The van der Waals surface area contributed by atoms with Gasteiger partial charge in [-0.1, -0.05) is 60.6 Å². The van der Waals surface area contributed by atoms with Crippen molar-refractivity contribution in [1.82, 2.24) is 15.1 Å². The van der Waals surface area contributed by atoms with E-state index < -0.39 is 22.4 Å². The number of benzene rings is 2. The van der Waals surface area contributed by atoms with Crippen LogP contribution in [0.3, 0.4) is 0 Å². The van der Waals surface area contributed by atoms with Gasteiger partial charge < -0.3 is 20.9 Å². The number of carbonyl (C=O) groups is 3. The molecular weight excluding hydrogens is 530 g/mol. The number of likely N-dealkylation sites (tertiary alicyclic amines) is 1. The number of nitrogens with zero attached hydrogens (tertiary/aromatic N) is 3. The highest BCUT2D eigenvalue weighted by molar-refractivity contribution is 8.13. The lowest BCUT2D eigenvalue weighted by Gasteiger charge is -2.37. The zero-order chi connectivity index (χ0) is 29.0. The Morgan fingerprint density at radius 2 is 1.70 bits per heavy atom. The molecule has 1 atom stereocenters. The fourth-order valence-electron chi connectivity index (χ4n) is 4.89. The molecule has 1 aliphatic rings. The first-order chi connectivity index (χ1) is 19.2. The van der Waals surface area contributed by atoms with E-state index in [1.165, 1.54) is 25.5 Å². The number of nitro benzene ring substituents is 1. The summed E-state index contributed by atoms with van der Waals surface area (Å²) in [5.74, 6) is -0.227. The van der Waals surface area contributed by atoms with Crippen LogP contribution in [-0.2, 0) is 22.4 Å². The van der Waals surface area contributed by atoms with Gasteiger partial charge in [0.25, 0.3) is 5.69 Å². The average Bonchev–Trinajstić information content (AvgIpc) is 2.94. The Labute approximate surface area is 239 Å². The molecule has 10 nitrogen and oxygen atoms in total. The Morgan fingerprint density at radius 1 is 1.02 bits per heavy atom. The Balaban J connectivity index is 1.84. The maximum Gasteiger partial charge on any atom is 0.318 e. The standard InChI is InChI=1S/C29H39N5O5S/c1-23(35)40-21-20-33(18-14-24-8-4-2-5-9-24)28(37)31-29(27(30)36,15-19-32-16-6-3-7-17-32)22-25-10-12-26(13-11-25)34(38)39/h2,4-5,8-13H,3,6-7,14-22H2,1H3,(H2,30,36)(H,31,37)/t29-/m1/s1. The average molecular weight is 570 g/mol. The first-order valence-corrected chi connectivity index (χ1v) is 14.7. The van der Waals surface area contributed by atoms with Crippen molar-refractivity contribution in [2.45, 2.75) is 51.0 Å². The number of primary amides is 1. The number of thioether (sulfide) groups is 1. The quantitative estimate of drug-likeness (QED) is 0.261. The highest BCUT2D eigenvalue weighted by atomic mass is 32.2. The Bertz CT molecular complexity index is 1140. The minimum atomic E-state index is -1.40. The molecule has 1 heterocycles. The summed E-state index contributed by atoms with van der Waals surface area (Å²) in [6.07, 6.45) is 4.36. The lowest BCUT2D eigenvalue weighted by molar-refractivity contribution is -0.384. The van der Waals surface area contributed by atoms with Crippen LogP contribution in [0, 0.1) is 10.1 Å². The van der Waals surface area contributed by atoms with E-state index in [0.717, 1.165) is 43.3 Å². The number of hydrogen-bond donors (Lipinski definition) is 2. The van der Waals surface area contributed by atoms with E-state index in [2.05, 4.69) is 10.2 Å². The molecule has 2 aromatic rings. The van der Waals surface area contributed by atoms with Crippen LogP contribution in [0.4, 0.5) is 10.5 Å². The summed E-state index contributed by atoms with van der Waals surface area (Å²) in [4.78, 5) is 53.0. The molecule has 1 saturated heterocycles. The third kappa shape index (κ3) is 9.63. The largest absolute Gasteiger partial charge is 0.368 e. The molecule has 1 fully saturated rings. The summed E-state index contributed by atoms with van der Waals surface area (Å²) < 4.78 is 0. The topological polar surface area (TPSA) is 139 Å². The van der Waals surface area contributed by atoms with E-state index >= 15 is 0 Å². The molecule has 1 aliphatic heterocycles. The second-order valence-electron chi connectivity index (χ2n) is 10.2. The number of urea groups is 1. The summed E-state index contributed by atoms with van der Waals surface area (Å²) in [6.45, 7) is 4.63. The summed E-state index contributed by atoms with van der Waals surface area (Å²) in [6, 6.07) is 15.3. The monoisotopic (exact) mass is 569 g/mol. The van der Waals surface area contributed by atoms with E-state index in [9.17, 15) is 24.5 Å². The second kappa shape index (κ2) is 15.4. The molecular formula is C29H39N5O5S. The van der Waals surface area contributed by atoms with Crippen molar-refractivity contribution in [3.8, 4) is 0 Å². The molecule has 3 amide bonds. The van der Waals surface area contributed by atoms with Gasteiger partial charge >= 0.3 is 6.03 Å². The molecule has 0 aliphatic carbocycles. The molecule has 3 N–H and O–H groups in total. The fraction of sp³-hybridized carbons (Fsp3) is 0.483. The van der Waals surface area contributed by atoms with Gasteiger partial charge in [0.2, 0.25) is 5.91 Å². The number of nitrogens with one attached hydrogen (secondary N) is 1. The molecule has 0 unspecified atom stereocenters. The summed E-state index contributed by atoms with van der Waals surface area (Å²) in [7, 11) is 0. The smallest absolute Gasteiger partial charge is 0.318 e. The summed E-state index contributed by atoms with van der Waals surface area (Å²) >= 11 is 1.14. The van der Waals surface area contributed by atoms with E-state index in [1.807, 2.05) is 30.3 Å². The number of piperidine rings is 1. The van der Waals surface area contributed by atoms with Crippen molar-refractivity contribution in [3.63, 3.8) is 0 Å². The van der Waals surface area contributed by atoms with E-state index in [-0.39, 0.29) is 17.2 Å². The van der Waals surface area contributed by atoms with Gasteiger partial charge in [0.05, 0.1) is 4.92 Å². The van der Waals surface area contributed by atoms with E-state index in [4.69, 9.17) is 5.73 Å². The van der Waals surface area contributed by atoms with Crippen LogP contribution in [0.15, 0.2) is 54.6 Å². The van der Waals surface area contributed by atoms with Crippen molar-refractivity contribution in [2.75, 3.05) is 38.5 Å². The molecule has 0 aromatic heterocycles. The zero-order valence-electron chi connectivity index (χ0n) is 23.0. The third-order valence-corrected chi connectivity index (χ3v) is 8.03. The molecule has 11 heteroatoms. The van der Waals surface area contributed by atoms with Crippen LogP contribution in [-0.4, -0.2) is 75.8 Å². The highest BCUT2D eigenvalue weighted by Gasteiger charge is 2.40. The first kappa shape index (κ1) is 31.1. The van der Waals surface area contributed by atoms with Crippen molar-refractivity contribution < 1.29 is 19.3 Å². The van der Waals surface area contributed by atoms with E-state index in [0.29, 0.717) is 43.8 Å². The van der Waals surface area contributed by atoms with Crippen LogP contribution in [0.25, 0.3) is 0 Å². The van der Waals surface area contributed by atoms with Gasteiger partial charge in [0.15, 0.2) is 5.12 Å². The minimum absolute atomic E-state index is 0.0328. The maximum absolute atomic E-state index is 13.8. The van der Waals surface area contributed by atoms with Crippen LogP contribution >= 0.6 is 11.8 Å². The minimum Gasteiger partial charge on any atom is -0.368 e. The molecule has 2 aromatic carbocycles. The second-order valence-corrected chi connectivity index (χ2v) is 11.5. The molecule has 0 radical (unpaired) electrons. The molecule has 0 spiro atoms. The number of non-ortho nitro benzene ring substituents is 1. The lowest BCUT2D eigenvalue weighted by atomic mass is 9.86. The third-order valence-electron chi connectivity index (χ3n) is 7.24. The van der Waals surface area contributed by atoms with Gasteiger partial charge in [-0.15, -0.1) is 0 Å². The summed E-state index contributed by atoms with van der Waals surface area (Å²) in [5.41, 5.74) is 6.29. The van der Waals surface area contributed by atoms with E-state index in [1.54, 1.807) is 17.0 Å². The molecule has 0 bridgehead atoms.